The van der Waals surface area contributed by atoms with Crippen LogP contribution in [-0.2, 0) is 4.74 Å². The van der Waals surface area contributed by atoms with Gasteiger partial charge in [0.25, 0.3) is 0 Å². The van der Waals surface area contributed by atoms with Gasteiger partial charge in [0.15, 0.2) is 11.6 Å². The highest BCUT2D eigenvalue weighted by Gasteiger charge is 2.17. The third-order valence-corrected chi connectivity index (χ3v) is 6.04. The number of rotatable bonds is 6. The van der Waals surface area contributed by atoms with Crippen molar-refractivity contribution in [1.29, 1.82) is 0 Å². The Labute approximate surface area is 172 Å². The maximum absolute atomic E-state index is 6.09. The molecule has 0 unspecified atom stereocenters. The number of anilines is 3. The minimum atomic E-state index is 0.438. The maximum atomic E-state index is 6.09. The molecule has 4 rings (SSSR count). The number of ether oxygens (including phenoxy) is 1. The Bertz CT molecular complexity index is 815. The average Bonchev–Trinajstić information content (AvgIpc) is 2.76. The summed E-state index contributed by atoms with van der Waals surface area (Å²) in [6.07, 6.45) is 12.2. The summed E-state index contributed by atoms with van der Waals surface area (Å²) in [5.74, 6) is 2.59. The number of aryl methyl sites for hydroxylation is 1. The fourth-order valence-corrected chi connectivity index (χ4v) is 4.18. The highest BCUT2D eigenvalue weighted by atomic mass is 16.5. The Balaban J connectivity index is 1.50. The lowest BCUT2D eigenvalue weighted by molar-refractivity contribution is 0.0699. The number of hydrogen-bond acceptors (Lipinski definition) is 7. The van der Waals surface area contributed by atoms with Crippen LogP contribution in [0.4, 0.5) is 17.5 Å². The summed E-state index contributed by atoms with van der Waals surface area (Å²) in [6, 6.07) is 2.60. The monoisotopic (exact) mass is 396 g/mol. The van der Waals surface area contributed by atoms with Crippen LogP contribution in [-0.4, -0.2) is 40.8 Å². The van der Waals surface area contributed by atoms with Crippen LogP contribution in [0.1, 0.15) is 50.5 Å². The van der Waals surface area contributed by atoms with Crippen LogP contribution in [0, 0.1) is 12.8 Å². The fraction of sp³-hybridized carbons (Fsp3) is 0.591. The van der Waals surface area contributed by atoms with Crippen molar-refractivity contribution in [3.8, 4) is 11.3 Å². The maximum Gasteiger partial charge on any atom is 0.169 e. The third-order valence-electron chi connectivity index (χ3n) is 6.04. The van der Waals surface area contributed by atoms with E-state index in [1.165, 1.54) is 32.1 Å². The number of nitrogens with zero attached hydrogens (tertiary/aromatic N) is 3. The minimum Gasteiger partial charge on any atom is -0.381 e. The second-order valence-electron chi connectivity index (χ2n) is 8.29. The van der Waals surface area contributed by atoms with E-state index in [1.807, 2.05) is 6.20 Å². The van der Waals surface area contributed by atoms with Gasteiger partial charge >= 0.3 is 0 Å². The molecule has 0 atom stereocenters. The zero-order chi connectivity index (χ0) is 20.1. The molecule has 0 bridgehead atoms. The number of aromatic nitrogens is 3. The lowest BCUT2D eigenvalue weighted by atomic mass is 9.95. The molecule has 4 N–H and O–H groups in total. The van der Waals surface area contributed by atoms with E-state index in [2.05, 4.69) is 33.6 Å². The minimum absolute atomic E-state index is 0.438. The second-order valence-corrected chi connectivity index (χ2v) is 8.29. The molecule has 0 radical (unpaired) electrons. The van der Waals surface area contributed by atoms with Gasteiger partial charge in [0.2, 0.25) is 0 Å². The van der Waals surface area contributed by atoms with Crippen molar-refractivity contribution in [3.05, 3.63) is 24.0 Å². The molecule has 2 aromatic heterocycles. The van der Waals surface area contributed by atoms with E-state index >= 15 is 0 Å². The van der Waals surface area contributed by atoms with Crippen LogP contribution in [0.3, 0.4) is 0 Å². The van der Waals surface area contributed by atoms with Crippen molar-refractivity contribution in [3.63, 3.8) is 0 Å². The van der Waals surface area contributed by atoms with E-state index in [0.717, 1.165) is 55.2 Å². The molecule has 2 aromatic rings. The first-order chi connectivity index (χ1) is 14.2. The Morgan fingerprint density at radius 3 is 2.66 bits per heavy atom. The SMILES string of the molecule is Cc1cnc(NC2CCCCC2)cc1-c1cnc(N)c(NCC2CCOCC2)n1. The summed E-state index contributed by atoms with van der Waals surface area (Å²) in [6.45, 7) is 4.57. The summed E-state index contributed by atoms with van der Waals surface area (Å²) < 4.78 is 5.44. The summed E-state index contributed by atoms with van der Waals surface area (Å²) in [5.41, 5.74) is 9.03. The van der Waals surface area contributed by atoms with Crippen LogP contribution in [0.15, 0.2) is 18.5 Å². The number of nitrogens with one attached hydrogen (secondary N) is 2. The Hall–Kier alpha value is -2.41. The third kappa shape index (κ3) is 5.15. The van der Waals surface area contributed by atoms with Gasteiger partial charge < -0.3 is 21.1 Å². The van der Waals surface area contributed by atoms with E-state index in [4.69, 9.17) is 15.5 Å². The Kier molecular flexibility index (Phi) is 6.44. The van der Waals surface area contributed by atoms with Crippen molar-refractivity contribution in [1.82, 2.24) is 15.0 Å². The van der Waals surface area contributed by atoms with Gasteiger partial charge in [-0.2, -0.15) is 0 Å². The van der Waals surface area contributed by atoms with Crippen LogP contribution in [0.2, 0.25) is 0 Å². The smallest absolute Gasteiger partial charge is 0.169 e. The van der Waals surface area contributed by atoms with E-state index in [9.17, 15) is 0 Å². The topological polar surface area (TPSA) is 98.0 Å². The largest absolute Gasteiger partial charge is 0.381 e. The zero-order valence-electron chi connectivity index (χ0n) is 17.3. The summed E-state index contributed by atoms with van der Waals surface area (Å²) in [5, 5.41) is 7.01. The molecule has 2 fully saturated rings. The summed E-state index contributed by atoms with van der Waals surface area (Å²) in [7, 11) is 0. The van der Waals surface area contributed by atoms with Crippen molar-refractivity contribution in [2.75, 3.05) is 36.1 Å². The molecular formula is C22H32N6O. The molecule has 7 heteroatoms. The zero-order valence-corrected chi connectivity index (χ0v) is 17.3. The first-order valence-corrected chi connectivity index (χ1v) is 10.9. The molecule has 2 aliphatic rings. The fourth-order valence-electron chi connectivity index (χ4n) is 4.18. The van der Waals surface area contributed by atoms with Crippen molar-refractivity contribution < 1.29 is 4.74 Å². The Morgan fingerprint density at radius 1 is 1.07 bits per heavy atom. The summed E-state index contributed by atoms with van der Waals surface area (Å²) >= 11 is 0. The van der Waals surface area contributed by atoms with Crippen LogP contribution >= 0.6 is 0 Å². The van der Waals surface area contributed by atoms with Gasteiger partial charge in [-0.05, 0) is 50.2 Å². The van der Waals surface area contributed by atoms with Crippen molar-refractivity contribution in [2.45, 2.75) is 57.9 Å². The molecule has 1 aliphatic carbocycles. The molecule has 3 heterocycles. The van der Waals surface area contributed by atoms with Gasteiger partial charge in [-0.15, -0.1) is 0 Å². The van der Waals surface area contributed by atoms with Gasteiger partial charge in [0.1, 0.15) is 5.82 Å². The quantitative estimate of drug-likeness (QED) is 0.678. The van der Waals surface area contributed by atoms with E-state index in [0.29, 0.717) is 23.6 Å². The molecule has 1 saturated heterocycles. The molecular weight excluding hydrogens is 364 g/mol. The molecule has 156 valence electrons. The second kappa shape index (κ2) is 9.39. The predicted molar refractivity (Wildman–Crippen MR) is 117 cm³/mol. The number of pyridine rings is 1. The van der Waals surface area contributed by atoms with Crippen molar-refractivity contribution in [2.24, 2.45) is 5.92 Å². The van der Waals surface area contributed by atoms with Crippen molar-refractivity contribution >= 4 is 17.5 Å². The van der Waals surface area contributed by atoms with Gasteiger partial charge in [0, 0.05) is 37.6 Å². The first kappa shape index (κ1) is 19.9. The molecule has 0 aromatic carbocycles. The van der Waals surface area contributed by atoms with E-state index < -0.39 is 0 Å². The molecule has 0 spiro atoms. The number of hydrogen-bond donors (Lipinski definition) is 3. The van der Waals surface area contributed by atoms with E-state index in [-0.39, 0.29) is 0 Å². The number of nitrogens with two attached hydrogens (primary N) is 1. The summed E-state index contributed by atoms with van der Waals surface area (Å²) in [4.78, 5) is 13.8. The Morgan fingerprint density at radius 2 is 1.86 bits per heavy atom. The lowest BCUT2D eigenvalue weighted by Gasteiger charge is -2.24. The van der Waals surface area contributed by atoms with Gasteiger partial charge in [-0.1, -0.05) is 19.3 Å². The predicted octanol–water partition coefficient (Wildman–Crippen LogP) is 4.01. The number of nitrogen functional groups attached to an aromatic ring is 1. The van der Waals surface area contributed by atoms with Crippen LogP contribution in [0.25, 0.3) is 11.3 Å². The molecule has 7 nitrogen and oxygen atoms in total. The first-order valence-electron chi connectivity index (χ1n) is 10.9. The van der Waals surface area contributed by atoms with Gasteiger partial charge in [0.05, 0.1) is 11.9 Å². The standard InChI is InChI=1S/C22H32N6O/c1-15-12-24-20(27-17-5-3-2-4-6-17)11-18(15)19-14-25-21(23)22(28-19)26-13-16-7-9-29-10-8-16/h11-12,14,16-17H,2-10,13H2,1H3,(H2,23,25)(H,24,27)(H,26,28). The molecule has 29 heavy (non-hydrogen) atoms. The normalized spacial score (nSPS) is 18.5. The molecule has 1 aliphatic heterocycles. The average molecular weight is 397 g/mol. The lowest BCUT2D eigenvalue weighted by Crippen LogP contribution is -2.23. The van der Waals surface area contributed by atoms with Crippen LogP contribution < -0.4 is 16.4 Å². The molecule has 0 amide bonds. The van der Waals surface area contributed by atoms with E-state index in [1.54, 1.807) is 6.20 Å². The van der Waals surface area contributed by atoms with Gasteiger partial charge in [-0.25, -0.2) is 15.0 Å². The highest BCUT2D eigenvalue weighted by molar-refractivity contribution is 5.69. The highest BCUT2D eigenvalue weighted by Crippen LogP contribution is 2.28. The van der Waals surface area contributed by atoms with Crippen LogP contribution in [0.5, 0.6) is 0 Å². The van der Waals surface area contributed by atoms with Gasteiger partial charge in [-0.3, -0.25) is 0 Å². The molecule has 1 saturated carbocycles.